The molecule has 1 fully saturated rings. The summed E-state index contributed by atoms with van der Waals surface area (Å²) in [6, 6.07) is 10.8. The number of hydrogen-bond acceptors (Lipinski definition) is 3. The lowest BCUT2D eigenvalue weighted by atomic mass is 10.1. The van der Waals surface area contributed by atoms with Crippen LogP contribution in [-0.4, -0.2) is 22.7 Å². The predicted molar refractivity (Wildman–Crippen MR) is 79.4 cm³/mol. The second kappa shape index (κ2) is 5.69. The van der Waals surface area contributed by atoms with Crippen molar-refractivity contribution in [2.24, 2.45) is 10.1 Å². The fourth-order valence-corrected chi connectivity index (χ4v) is 2.37. The lowest BCUT2D eigenvalue weighted by molar-refractivity contribution is 0.985. The van der Waals surface area contributed by atoms with Crippen molar-refractivity contribution in [3.8, 4) is 0 Å². The summed E-state index contributed by atoms with van der Waals surface area (Å²) in [5.41, 5.74) is 5.33. The number of hydrogen-bond donors (Lipinski definition) is 1. The van der Waals surface area contributed by atoms with E-state index in [1.165, 1.54) is 18.4 Å². The van der Waals surface area contributed by atoms with E-state index in [4.69, 9.17) is 0 Å². The molecule has 1 saturated carbocycles. The Balaban J connectivity index is 0.00000108. The van der Waals surface area contributed by atoms with Gasteiger partial charge < -0.3 is 0 Å². The van der Waals surface area contributed by atoms with Crippen molar-refractivity contribution in [3.63, 3.8) is 0 Å². The third-order valence-corrected chi connectivity index (χ3v) is 3.47. The molecular formula is C12H14BrN3S. The van der Waals surface area contributed by atoms with Gasteiger partial charge in [-0.2, -0.15) is 5.10 Å². The highest BCUT2D eigenvalue weighted by atomic mass is 79.9. The van der Waals surface area contributed by atoms with Gasteiger partial charge in [-0.05, 0) is 18.4 Å². The van der Waals surface area contributed by atoms with Crippen LogP contribution in [0, 0.1) is 0 Å². The number of nitrogens with zero attached hydrogens (tertiary/aromatic N) is 2. The number of halogens is 1. The summed E-state index contributed by atoms with van der Waals surface area (Å²) < 4.78 is 0. The van der Waals surface area contributed by atoms with E-state index in [2.05, 4.69) is 27.7 Å². The monoisotopic (exact) mass is 311 g/mol. The van der Waals surface area contributed by atoms with Crippen LogP contribution < -0.4 is 5.43 Å². The van der Waals surface area contributed by atoms with Crippen LogP contribution in [0.15, 0.2) is 40.4 Å². The first-order chi connectivity index (χ1) is 7.92. The molecule has 3 nitrogen and oxygen atoms in total. The molecule has 0 atom stereocenters. The molecule has 3 rings (SSSR count). The molecule has 17 heavy (non-hydrogen) atoms. The number of amidine groups is 1. The van der Waals surface area contributed by atoms with Crippen molar-refractivity contribution in [2.45, 2.75) is 18.9 Å². The van der Waals surface area contributed by atoms with Crippen LogP contribution in [0.25, 0.3) is 0 Å². The van der Waals surface area contributed by atoms with Gasteiger partial charge in [0, 0.05) is 5.75 Å². The van der Waals surface area contributed by atoms with Gasteiger partial charge in [0.1, 0.15) is 0 Å². The van der Waals surface area contributed by atoms with E-state index in [9.17, 15) is 0 Å². The topological polar surface area (TPSA) is 36.8 Å². The van der Waals surface area contributed by atoms with Gasteiger partial charge in [0.05, 0.1) is 11.8 Å². The maximum Gasteiger partial charge on any atom is 0.177 e. The Morgan fingerprint density at radius 3 is 2.59 bits per heavy atom. The third kappa shape index (κ3) is 3.33. The average Bonchev–Trinajstić information content (AvgIpc) is 3.15. The van der Waals surface area contributed by atoms with E-state index in [0.29, 0.717) is 6.04 Å². The standard InChI is InChI=1S/C12H13N3S.BrH/c1-2-4-9(5-3-1)11-8-16-12(15-14-11)13-10-6-7-10;/h1-5,10H,6-8H2,(H,13,15);1H. The molecule has 1 aliphatic carbocycles. The van der Waals surface area contributed by atoms with Gasteiger partial charge in [0.25, 0.3) is 0 Å². The van der Waals surface area contributed by atoms with Gasteiger partial charge in [0.2, 0.25) is 0 Å². The van der Waals surface area contributed by atoms with Crippen LogP contribution in [0.2, 0.25) is 0 Å². The molecule has 5 heteroatoms. The van der Waals surface area contributed by atoms with Crippen LogP contribution in [0.4, 0.5) is 0 Å². The Labute approximate surface area is 116 Å². The Morgan fingerprint density at radius 2 is 2.00 bits per heavy atom. The highest BCUT2D eigenvalue weighted by molar-refractivity contribution is 8.93. The lowest BCUT2D eigenvalue weighted by Gasteiger charge is -2.14. The summed E-state index contributed by atoms with van der Waals surface area (Å²) in [4.78, 5) is 4.54. The zero-order valence-corrected chi connectivity index (χ0v) is 11.8. The highest BCUT2D eigenvalue weighted by Crippen LogP contribution is 2.25. The molecule has 1 heterocycles. The highest BCUT2D eigenvalue weighted by Gasteiger charge is 2.22. The SMILES string of the molecule is Br.c1ccc(C2=NNC(=NC3CC3)SC2)cc1. The largest absolute Gasteiger partial charge is 0.258 e. The third-order valence-electron chi connectivity index (χ3n) is 2.59. The van der Waals surface area contributed by atoms with E-state index in [-0.39, 0.29) is 17.0 Å². The first-order valence-electron chi connectivity index (χ1n) is 5.50. The van der Waals surface area contributed by atoms with E-state index in [0.717, 1.165) is 16.6 Å². The summed E-state index contributed by atoms with van der Waals surface area (Å²) in [6.07, 6.45) is 2.47. The zero-order chi connectivity index (χ0) is 10.8. The van der Waals surface area contributed by atoms with Gasteiger partial charge in [-0.3, -0.25) is 10.4 Å². The van der Waals surface area contributed by atoms with Crippen LogP contribution in [-0.2, 0) is 0 Å². The number of thioether (sulfide) groups is 1. The molecule has 0 spiro atoms. The second-order valence-corrected chi connectivity index (χ2v) is 4.95. The molecule has 0 bridgehead atoms. The summed E-state index contributed by atoms with van der Waals surface area (Å²) >= 11 is 1.74. The maximum absolute atomic E-state index is 4.54. The Bertz CT molecular complexity index is 440. The van der Waals surface area contributed by atoms with E-state index in [1.54, 1.807) is 11.8 Å². The zero-order valence-electron chi connectivity index (χ0n) is 9.30. The van der Waals surface area contributed by atoms with Gasteiger partial charge in [-0.15, -0.1) is 17.0 Å². The Kier molecular flexibility index (Phi) is 4.23. The molecule has 1 N–H and O–H groups in total. The Hall–Kier alpha value is -0.810. The van der Waals surface area contributed by atoms with Crippen molar-refractivity contribution in [1.82, 2.24) is 5.43 Å². The summed E-state index contributed by atoms with van der Waals surface area (Å²) in [5, 5.41) is 5.35. The minimum Gasteiger partial charge on any atom is -0.258 e. The molecule has 1 aliphatic heterocycles. The molecule has 0 aromatic heterocycles. The molecular weight excluding hydrogens is 298 g/mol. The number of rotatable bonds is 2. The number of hydrazone groups is 1. The van der Waals surface area contributed by atoms with E-state index >= 15 is 0 Å². The van der Waals surface area contributed by atoms with Crippen molar-refractivity contribution >= 4 is 39.6 Å². The number of nitrogens with one attached hydrogen (secondary N) is 1. The minimum absolute atomic E-state index is 0. The van der Waals surface area contributed by atoms with Gasteiger partial charge >= 0.3 is 0 Å². The first kappa shape index (κ1) is 12.6. The molecule has 0 radical (unpaired) electrons. The average molecular weight is 312 g/mol. The van der Waals surface area contributed by atoms with Gasteiger partial charge in [0.15, 0.2) is 5.17 Å². The summed E-state index contributed by atoms with van der Waals surface area (Å²) in [6.45, 7) is 0. The second-order valence-electron chi connectivity index (χ2n) is 3.99. The van der Waals surface area contributed by atoms with Crippen molar-refractivity contribution in [1.29, 1.82) is 0 Å². The maximum atomic E-state index is 4.54. The smallest absolute Gasteiger partial charge is 0.177 e. The first-order valence-corrected chi connectivity index (χ1v) is 6.49. The number of aliphatic imine (C=N–C) groups is 1. The number of benzene rings is 1. The van der Waals surface area contributed by atoms with Crippen molar-refractivity contribution < 1.29 is 0 Å². The summed E-state index contributed by atoms with van der Waals surface area (Å²) in [5.74, 6) is 0.905. The fraction of sp³-hybridized carbons (Fsp3) is 0.333. The molecule has 90 valence electrons. The van der Waals surface area contributed by atoms with E-state index < -0.39 is 0 Å². The predicted octanol–water partition coefficient (Wildman–Crippen LogP) is 2.82. The minimum atomic E-state index is 0. The molecule has 0 saturated heterocycles. The molecule has 1 aromatic carbocycles. The molecule has 0 amide bonds. The van der Waals surface area contributed by atoms with Gasteiger partial charge in [-0.1, -0.05) is 42.1 Å². The Morgan fingerprint density at radius 1 is 1.24 bits per heavy atom. The quantitative estimate of drug-likeness (QED) is 0.912. The fourth-order valence-electron chi connectivity index (χ4n) is 1.53. The van der Waals surface area contributed by atoms with E-state index in [1.807, 2.05) is 18.2 Å². The van der Waals surface area contributed by atoms with Crippen LogP contribution in [0.3, 0.4) is 0 Å². The van der Waals surface area contributed by atoms with Gasteiger partial charge in [-0.25, -0.2) is 0 Å². The molecule has 1 aromatic rings. The molecule has 2 aliphatic rings. The van der Waals surface area contributed by atoms with Crippen molar-refractivity contribution in [2.75, 3.05) is 5.75 Å². The normalized spacial score (nSPS) is 21.4. The van der Waals surface area contributed by atoms with Crippen LogP contribution in [0.5, 0.6) is 0 Å². The lowest BCUT2D eigenvalue weighted by Crippen LogP contribution is -2.25. The summed E-state index contributed by atoms with van der Waals surface area (Å²) in [7, 11) is 0. The molecule has 0 unspecified atom stereocenters. The van der Waals surface area contributed by atoms with Crippen molar-refractivity contribution in [3.05, 3.63) is 35.9 Å². The van der Waals surface area contributed by atoms with Crippen LogP contribution in [0.1, 0.15) is 18.4 Å². The van der Waals surface area contributed by atoms with Crippen LogP contribution >= 0.6 is 28.7 Å².